The molecule has 0 amide bonds. The Kier molecular flexibility index (Phi) is 4.11. The average Bonchev–Trinajstić information content (AvgIpc) is 2.95. The normalized spacial score (nSPS) is 11.5. The van der Waals surface area contributed by atoms with Crippen LogP contribution < -0.4 is 4.72 Å². The van der Waals surface area contributed by atoms with Crippen molar-refractivity contribution in [1.82, 2.24) is 4.98 Å². The summed E-state index contributed by atoms with van der Waals surface area (Å²) in [5.74, 6) is -1.14. The number of rotatable bonds is 5. The number of thiazole rings is 1. The zero-order valence-electron chi connectivity index (χ0n) is 10.7. The van der Waals surface area contributed by atoms with Gasteiger partial charge in [0.1, 0.15) is 9.09 Å². The van der Waals surface area contributed by atoms with E-state index in [1.54, 1.807) is 0 Å². The number of hydrogen-bond donors (Lipinski definition) is 2. The lowest BCUT2D eigenvalue weighted by Gasteiger charge is -2.01. The molecule has 2 N–H and O–H groups in total. The molecule has 0 aromatic carbocycles. The zero-order valence-corrected chi connectivity index (χ0v) is 13.2. The summed E-state index contributed by atoms with van der Waals surface area (Å²) in [6.45, 7) is 3.82. The number of hydrogen-bond acceptors (Lipinski definition) is 6. The smallest absolute Gasteiger partial charge is 0.345 e. The fourth-order valence-corrected chi connectivity index (χ4v) is 4.83. The van der Waals surface area contributed by atoms with Crippen LogP contribution in [-0.2, 0) is 16.4 Å². The third-order valence-corrected chi connectivity index (χ3v) is 6.47. The standard InChI is InChI=1S/C11H12N2O4S3/c1-3-7-6(2)18-11(12-7)13-20(16,17)9-5-4-8(19-9)10(14)15/h4-5H,3H2,1-2H3,(H,12,13)(H,14,15). The van der Waals surface area contributed by atoms with Gasteiger partial charge in [0.2, 0.25) is 0 Å². The van der Waals surface area contributed by atoms with E-state index < -0.39 is 16.0 Å². The molecular formula is C11H12N2O4S3. The highest BCUT2D eigenvalue weighted by molar-refractivity contribution is 7.94. The van der Waals surface area contributed by atoms with E-state index in [9.17, 15) is 13.2 Å². The minimum atomic E-state index is -3.78. The molecule has 9 heteroatoms. The van der Waals surface area contributed by atoms with Crippen molar-refractivity contribution in [2.75, 3.05) is 4.72 Å². The van der Waals surface area contributed by atoms with Crippen LogP contribution >= 0.6 is 22.7 Å². The number of nitrogens with zero attached hydrogens (tertiary/aromatic N) is 1. The van der Waals surface area contributed by atoms with Gasteiger partial charge in [0.15, 0.2) is 5.13 Å². The molecular weight excluding hydrogens is 320 g/mol. The van der Waals surface area contributed by atoms with Gasteiger partial charge in [0.05, 0.1) is 5.69 Å². The van der Waals surface area contributed by atoms with E-state index in [-0.39, 0.29) is 9.09 Å². The van der Waals surface area contributed by atoms with Crippen LogP contribution in [0.5, 0.6) is 0 Å². The molecule has 2 aromatic heterocycles. The third kappa shape index (κ3) is 3.00. The summed E-state index contributed by atoms with van der Waals surface area (Å²) in [5.41, 5.74) is 0.852. The molecule has 0 aliphatic carbocycles. The maximum absolute atomic E-state index is 12.1. The number of carboxylic acid groups (broad SMARTS) is 1. The maximum Gasteiger partial charge on any atom is 0.345 e. The molecule has 0 bridgehead atoms. The molecule has 2 heterocycles. The first-order valence-corrected chi connectivity index (χ1v) is 8.77. The molecule has 0 aliphatic heterocycles. The van der Waals surface area contributed by atoms with E-state index in [4.69, 9.17) is 5.11 Å². The second-order valence-corrected chi connectivity index (χ2v) is 8.10. The molecule has 0 saturated heterocycles. The van der Waals surface area contributed by atoms with Crippen molar-refractivity contribution < 1.29 is 18.3 Å². The lowest BCUT2D eigenvalue weighted by atomic mass is 10.3. The summed E-state index contributed by atoms with van der Waals surface area (Å²) in [4.78, 5) is 15.9. The number of aromatic nitrogens is 1. The molecule has 0 fully saturated rings. The summed E-state index contributed by atoms with van der Waals surface area (Å²) in [6.07, 6.45) is 0.728. The van der Waals surface area contributed by atoms with Gasteiger partial charge in [-0.3, -0.25) is 4.72 Å². The van der Waals surface area contributed by atoms with E-state index in [0.29, 0.717) is 16.5 Å². The van der Waals surface area contributed by atoms with Gasteiger partial charge in [0.25, 0.3) is 10.0 Å². The Labute approximate surface area is 124 Å². The van der Waals surface area contributed by atoms with Gasteiger partial charge in [-0.2, -0.15) is 0 Å². The van der Waals surface area contributed by atoms with Crippen molar-refractivity contribution in [2.24, 2.45) is 0 Å². The van der Waals surface area contributed by atoms with Gasteiger partial charge < -0.3 is 5.11 Å². The van der Waals surface area contributed by atoms with Crippen LogP contribution in [0.15, 0.2) is 16.3 Å². The van der Waals surface area contributed by atoms with Crippen molar-refractivity contribution in [3.8, 4) is 0 Å². The lowest BCUT2D eigenvalue weighted by Crippen LogP contribution is -2.11. The Morgan fingerprint density at radius 1 is 1.40 bits per heavy atom. The molecule has 6 nitrogen and oxygen atoms in total. The number of thiophene rings is 1. The van der Waals surface area contributed by atoms with Crippen LogP contribution in [0.1, 0.15) is 27.2 Å². The number of anilines is 1. The predicted molar refractivity (Wildman–Crippen MR) is 78.3 cm³/mol. The average molecular weight is 332 g/mol. The molecule has 2 rings (SSSR count). The summed E-state index contributed by atoms with van der Waals surface area (Å²) in [6, 6.07) is 2.55. The van der Waals surface area contributed by atoms with E-state index in [2.05, 4.69) is 9.71 Å². The molecule has 0 aliphatic rings. The van der Waals surface area contributed by atoms with E-state index >= 15 is 0 Å². The van der Waals surface area contributed by atoms with Crippen molar-refractivity contribution in [3.63, 3.8) is 0 Å². The highest BCUT2D eigenvalue weighted by atomic mass is 32.2. The highest BCUT2D eigenvalue weighted by Gasteiger charge is 2.21. The number of nitrogens with one attached hydrogen (secondary N) is 1. The van der Waals surface area contributed by atoms with E-state index in [1.807, 2.05) is 13.8 Å². The van der Waals surface area contributed by atoms with Gasteiger partial charge >= 0.3 is 5.97 Å². The van der Waals surface area contributed by atoms with Gasteiger partial charge in [-0.1, -0.05) is 6.92 Å². The Morgan fingerprint density at radius 2 is 2.10 bits per heavy atom. The van der Waals surface area contributed by atoms with E-state index in [1.165, 1.54) is 23.5 Å². The molecule has 0 unspecified atom stereocenters. The Bertz CT molecular complexity index is 746. The molecule has 0 radical (unpaired) electrons. The van der Waals surface area contributed by atoms with Crippen LogP contribution in [0.25, 0.3) is 0 Å². The molecule has 2 aromatic rings. The quantitative estimate of drug-likeness (QED) is 0.877. The Morgan fingerprint density at radius 3 is 2.60 bits per heavy atom. The number of carbonyl (C=O) groups is 1. The van der Waals surface area contributed by atoms with E-state index in [0.717, 1.165) is 17.0 Å². The highest BCUT2D eigenvalue weighted by Crippen LogP contribution is 2.27. The second-order valence-electron chi connectivity index (χ2n) is 3.90. The zero-order chi connectivity index (χ0) is 14.9. The Hall–Kier alpha value is -1.45. The van der Waals surface area contributed by atoms with Crippen LogP contribution in [0.3, 0.4) is 0 Å². The SMILES string of the molecule is CCc1nc(NS(=O)(=O)c2ccc(C(=O)O)s2)sc1C. The number of carboxylic acids is 1. The van der Waals surface area contributed by atoms with Crippen LogP contribution in [0.4, 0.5) is 5.13 Å². The summed E-state index contributed by atoms with van der Waals surface area (Å²) in [7, 11) is -3.78. The van der Waals surface area contributed by atoms with Crippen LogP contribution in [-0.4, -0.2) is 24.5 Å². The van der Waals surface area contributed by atoms with Crippen LogP contribution in [0, 0.1) is 6.92 Å². The second kappa shape index (κ2) is 5.51. The molecule has 0 saturated carbocycles. The topological polar surface area (TPSA) is 96.4 Å². The number of sulfonamides is 1. The predicted octanol–water partition coefficient (Wildman–Crippen LogP) is 2.57. The number of aromatic carboxylic acids is 1. The van der Waals surface area contributed by atoms with Crippen LogP contribution in [0.2, 0.25) is 0 Å². The molecule has 20 heavy (non-hydrogen) atoms. The molecule has 108 valence electrons. The summed E-state index contributed by atoms with van der Waals surface area (Å²) < 4.78 is 26.6. The monoisotopic (exact) mass is 332 g/mol. The van der Waals surface area contributed by atoms with Crippen molar-refractivity contribution in [3.05, 3.63) is 27.6 Å². The molecule has 0 spiro atoms. The first-order valence-electron chi connectivity index (χ1n) is 5.65. The lowest BCUT2D eigenvalue weighted by molar-refractivity contribution is 0.0702. The third-order valence-electron chi connectivity index (χ3n) is 2.51. The summed E-state index contributed by atoms with van der Waals surface area (Å²) in [5, 5.41) is 9.11. The molecule has 0 atom stereocenters. The minimum Gasteiger partial charge on any atom is -0.477 e. The van der Waals surface area contributed by atoms with Gasteiger partial charge in [-0.25, -0.2) is 18.2 Å². The summed E-state index contributed by atoms with van der Waals surface area (Å²) >= 11 is 1.97. The fraction of sp³-hybridized carbons (Fsp3) is 0.273. The van der Waals surface area contributed by atoms with Crippen molar-refractivity contribution in [2.45, 2.75) is 24.5 Å². The maximum atomic E-state index is 12.1. The Balaban J connectivity index is 2.27. The number of aryl methyl sites for hydroxylation is 2. The van der Waals surface area contributed by atoms with Gasteiger partial charge in [-0.15, -0.1) is 22.7 Å². The first-order chi connectivity index (χ1) is 9.33. The largest absolute Gasteiger partial charge is 0.477 e. The minimum absolute atomic E-state index is 0.0186. The fourth-order valence-electron chi connectivity index (χ4n) is 1.54. The van der Waals surface area contributed by atoms with Crippen molar-refractivity contribution in [1.29, 1.82) is 0 Å². The van der Waals surface area contributed by atoms with Gasteiger partial charge in [-0.05, 0) is 25.5 Å². The first kappa shape index (κ1) is 14.9. The van der Waals surface area contributed by atoms with Crippen molar-refractivity contribution >= 4 is 43.8 Å². The van der Waals surface area contributed by atoms with Gasteiger partial charge in [0, 0.05) is 4.88 Å².